The Hall–Kier alpha value is -2.95. The summed E-state index contributed by atoms with van der Waals surface area (Å²) in [4.78, 5) is 11.1. The fourth-order valence-corrected chi connectivity index (χ4v) is 2.78. The van der Waals surface area contributed by atoms with Crippen LogP contribution < -0.4 is 10.2 Å². The number of aromatic nitrogens is 2. The van der Waals surface area contributed by atoms with Crippen molar-refractivity contribution in [1.29, 1.82) is 0 Å². The first-order valence-electron chi connectivity index (χ1n) is 8.85. The Kier molecular flexibility index (Phi) is 6.14. The number of nitrogens with zero attached hydrogens (tertiary/aromatic N) is 3. The fraction of sp³-hybridized carbons (Fsp3) is 0.238. The molecule has 0 aliphatic carbocycles. The van der Waals surface area contributed by atoms with Crippen LogP contribution in [0.25, 0.3) is 0 Å². The van der Waals surface area contributed by atoms with E-state index in [4.69, 9.17) is 0 Å². The fourth-order valence-electron chi connectivity index (χ4n) is 2.78. The van der Waals surface area contributed by atoms with Crippen LogP contribution in [-0.4, -0.2) is 23.1 Å². The van der Waals surface area contributed by atoms with E-state index in [9.17, 15) is 4.39 Å². The Bertz CT molecular complexity index is 823. The highest BCUT2D eigenvalue weighted by atomic mass is 19.1. The summed E-state index contributed by atoms with van der Waals surface area (Å²) in [6.07, 6.45) is 2.34. The van der Waals surface area contributed by atoms with Gasteiger partial charge in [-0.05, 0) is 36.6 Å². The van der Waals surface area contributed by atoms with Crippen molar-refractivity contribution in [2.45, 2.75) is 19.9 Å². The number of rotatable bonds is 8. The van der Waals surface area contributed by atoms with Crippen LogP contribution in [0, 0.1) is 5.82 Å². The van der Waals surface area contributed by atoms with Gasteiger partial charge in [-0.25, -0.2) is 9.37 Å². The van der Waals surface area contributed by atoms with Crippen molar-refractivity contribution in [3.8, 4) is 0 Å². The van der Waals surface area contributed by atoms with E-state index in [0.717, 1.165) is 18.9 Å². The van der Waals surface area contributed by atoms with Crippen molar-refractivity contribution in [2.75, 3.05) is 23.3 Å². The predicted molar refractivity (Wildman–Crippen MR) is 104 cm³/mol. The van der Waals surface area contributed by atoms with Crippen molar-refractivity contribution < 1.29 is 4.39 Å². The number of anilines is 2. The summed E-state index contributed by atoms with van der Waals surface area (Å²) in [5.74, 6) is 1.26. The maximum atomic E-state index is 13.7. The molecule has 0 saturated heterocycles. The maximum Gasteiger partial charge on any atom is 0.224 e. The molecule has 0 atom stereocenters. The second-order valence-corrected chi connectivity index (χ2v) is 6.01. The molecule has 0 unspecified atom stereocenters. The molecular weight excluding hydrogens is 327 g/mol. The monoisotopic (exact) mass is 350 g/mol. The van der Waals surface area contributed by atoms with Crippen LogP contribution >= 0.6 is 0 Å². The van der Waals surface area contributed by atoms with E-state index in [0.29, 0.717) is 24.5 Å². The Morgan fingerprint density at radius 2 is 1.77 bits per heavy atom. The van der Waals surface area contributed by atoms with Crippen molar-refractivity contribution >= 4 is 11.8 Å². The minimum absolute atomic E-state index is 0.177. The molecule has 0 fully saturated rings. The molecule has 26 heavy (non-hydrogen) atoms. The molecule has 1 heterocycles. The molecule has 0 saturated carbocycles. The second kappa shape index (κ2) is 8.94. The van der Waals surface area contributed by atoms with Gasteiger partial charge in [-0.1, -0.05) is 48.5 Å². The molecule has 0 bridgehead atoms. The van der Waals surface area contributed by atoms with Crippen LogP contribution in [0.2, 0.25) is 0 Å². The molecule has 0 aliphatic heterocycles. The Labute approximate surface area is 153 Å². The van der Waals surface area contributed by atoms with E-state index in [2.05, 4.69) is 39.2 Å². The molecule has 5 heteroatoms. The van der Waals surface area contributed by atoms with Gasteiger partial charge in [0.25, 0.3) is 0 Å². The van der Waals surface area contributed by atoms with Crippen molar-refractivity contribution in [2.24, 2.45) is 0 Å². The summed E-state index contributed by atoms with van der Waals surface area (Å²) in [7, 11) is 0. The number of hydrogen-bond donors (Lipinski definition) is 1. The highest BCUT2D eigenvalue weighted by Crippen LogP contribution is 2.16. The quantitative estimate of drug-likeness (QED) is 0.658. The molecule has 0 aliphatic rings. The average molecular weight is 350 g/mol. The van der Waals surface area contributed by atoms with Gasteiger partial charge in [0, 0.05) is 25.8 Å². The molecule has 0 spiro atoms. The third-order valence-electron chi connectivity index (χ3n) is 4.20. The normalized spacial score (nSPS) is 10.5. The summed E-state index contributed by atoms with van der Waals surface area (Å²) in [5, 5.41) is 3.19. The van der Waals surface area contributed by atoms with E-state index in [1.165, 1.54) is 11.6 Å². The Morgan fingerprint density at radius 1 is 1.00 bits per heavy atom. The molecule has 3 aromatic rings. The number of halogens is 1. The van der Waals surface area contributed by atoms with E-state index in [1.54, 1.807) is 18.3 Å². The van der Waals surface area contributed by atoms with Gasteiger partial charge < -0.3 is 10.2 Å². The molecule has 0 amide bonds. The van der Waals surface area contributed by atoms with Crippen LogP contribution in [0.1, 0.15) is 18.1 Å². The first kappa shape index (κ1) is 17.9. The zero-order valence-corrected chi connectivity index (χ0v) is 14.9. The highest BCUT2D eigenvalue weighted by Gasteiger charge is 2.08. The summed E-state index contributed by atoms with van der Waals surface area (Å²) >= 11 is 0. The lowest BCUT2D eigenvalue weighted by molar-refractivity contribution is 0.610. The summed E-state index contributed by atoms with van der Waals surface area (Å²) < 4.78 is 13.7. The number of hydrogen-bond acceptors (Lipinski definition) is 4. The van der Waals surface area contributed by atoms with Gasteiger partial charge in [-0.3, -0.25) is 0 Å². The average Bonchev–Trinajstić information content (AvgIpc) is 2.69. The maximum absolute atomic E-state index is 13.7. The first-order valence-corrected chi connectivity index (χ1v) is 8.85. The predicted octanol–water partition coefficient (Wildman–Crippen LogP) is 4.30. The lowest BCUT2D eigenvalue weighted by Gasteiger charge is -2.22. The zero-order chi connectivity index (χ0) is 18.2. The minimum atomic E-state index is -0.177. The molecule has 134 valence electrons. The van der Waals surface area contributed by atoms with E-state index in [-0.39, 0.29) is 5.82 Å². The third-order valence-corrected chi connectivity index (χ3v) is 4.20. The van der Waals surface area contributed by atoms with Crippen LogP contribution in [-0.2, 0) is 13.0 Å². The standard InChI is InChI=1S/C21H23FN4/c1-2-26(16-17-8-4-3-5-9-17)20-13-15-24-21(25-20)23-14-12-18-10-6-7-11-19(18)22/h3-11,13,15H,2,12,14,16H2,1H3,(H,23,24,25). The molecule has 1 aromatic heterocycles. The van der Waals surface area contributed by atoms with Gasteiger partial charge >= 0.3 is 0 Å². The Morgan fingerprint density at radius 3 is 2.54 bits per heavy atom. The van der Waals surface area contributed by atoms with Crippen molar-refractivity contribution in [3.05, 3.63) is 83.8 Å². The van der Waals surface area contributed by atoms with Crippen LogP contribution in [0.5, 0.6) is 0 Å². The van der Waals surface area contributed by atoms with Crippen LogP contribution in [0.15, 0.2) is 66.9 Å². The lowest BCUT2D eigenvalue weighted by atomic mass is 10.1. The molecule has 3 rings (SSSR count). The summed E-state index contributed by atoms with van der Waals surface area (Å²) in [6, 6.07) is 19.0. The molecule has 1 N–H and O–H groups in total. The van der Waals surface area contributed by atoms with Gasteiger partial charge in [0.05, 0.1) is 0 Å². The van der Waals surface area contributed by atoms with Crippen molar-refractivity contribution in [3.63, 3.8) is 0 Å². The summed E-state index contributed by atoms with van der Waals surface area (Å²) in [5.41, 5.74) is 1.93. The molecule has 4 nitrogen and oxygen atoms in total. The van der Waals surface area contributed by atoms with Gasteiger partial charge in [0.1, 0.15) is 11.6 Å². The third kappa shape index (κ3) is 4.79. The largest absolute Gasteiger partial charge is 0.354 e. The minimum Gasteiger partial charge on any atom is -0.354 e. The number of benzene rings is 2. The smallest absolute Gasteiger partial charge is 0.224 e. The lowest BCUT2D eigenvalue weighted by Crippen LogP contribution is -2.23. The summed E-state index contributed by atoms with van der Waals surface area (Å²) in [6.45, 7) is 4.33. The highest BCUT2D eigenvalue weighted by molar-refractivity contribution is 5.43. The van der Waals surface area contributed by atoms with Crippen molar-refractivity contribution in [1.82, 2.24) is 9.97 Å². The van der Waals surface area contributed by atoms with Gasteiger partial charge in [0.15, 0.2) is 0 Å². The van der Waals surface area contributed by atoms with Gasteiger partial charge in [-0.2, -0.15) is 4.98 Å². The van der Waals surface area contributed by atoms with E-state index >= 15 is 0 Å². The SMILES string of the molecule is CCN(Cc1ccccc1)c1ccnc(NCCc2ccccc2F)n1. The number of nitrogens with one attached hydrogen (secondary N) is 1. The second-order valence-electron chi connectivity index (χ2n) is 6.01. The zero-order valence-electron chi connectivity index (χ0n) is 14.9. The molecular formula is C21H23FN4. The molecule has 2 aromatic carbocycles. The van der Waals surface area contributed by atoms with Gasteiger partial charge in [-0.15, -0.1) is 0 Å². The van der Waals surface area contributed by atoms with E-state index in [1.807, 2.05) is 30.3 Å². The van der Waals surface area contributed by atoms with Crippen LogP contribution in [0.4, 0.5) is 16.2 Å². The van der Waals surface area contributed by atoms with Gasteiger partial charge in [0.2, 0.25) is 5.95 Å². The first-order chi connectivity index (χ1) is 12.8. The Balaban J connectivity index is 1.62. The van der Waals surface area contributed by atoms with E-state index < -0.39 is 0 Å². The van der Waals surface area contributed by atoms with Crippen LogP contribution in [0.3, 0.4) is 0 Å². The molecule has 0 radical (unpaired) electrons. The topological polar surface area (TPSA) is 41.1 Å².